The number of carbonyl (C=O) groups is 2. The van der Waals surface area contributed by atoms with Gasteiger partial charge in [-0.25, -0.2) is 9.48 Å². The van der Waals surface area contributed by atoms with E-state index in [2.05, 4.69) is 10.4 Å². The van der Waals surface area contributed by atoms with Crippen LogP contribution in [-0.4, -0.2) is 32.3 Å². The Labute approximate surface area is 115 Å². The normalized spacial score (nSPS) is 17.4. The Morgan fingerprint density at radius 2 is 1.95 bits per heavy atom. The highest BCUT2D eigenvalue weighted by atomic mass is 16.4. The summed E-state index contributed by atoms with van der Waals surface area (Å²) in [6, 6.07) is 2.53. The third-order valence-corrected chi connectivity index (χ3v) is 3.66. The average Bonchev–Trinajstić information content (AvgIpc) is 2.42. The summed E-state index contributed by atoms with van der Waals surface area (Å²) >= 11 is 0. The SMILES string of the molecule is Cn1nc(C(=O)NC2(C(=O)O)CCCCC2)ccc1=O. The van der Waals surface area contributed by atoms with Gasteiger partial charge in [-0.1, -0.05) is 19.3 Å². The third-order valence-electron chi connectivity index (χ3n) is 3.66. The molecule has 0 unspecified atom stereocenters. The fourth-order valence-electron chi connectivity index (χ4n) is 2.45. The molecule has 20 heavy (non-hydrogen) atoms. The number of amides is 1. The number of carbonyl (C=O) groups excluding carboxylic acids is 1. The average molecular weight is 279 g/mol. The van der Waals surface area contributed by atoms with Crippen molar-refractivity contribution in [2.24, 2.45) is 7.05 Å². The number of hydrogen-bond acceptors (Lipinski definition) is 4. The minimum absolute atomic E-state index is 0.0401. The van der Waals surface area contributed by atoms with Crippen molar-refractivity contribution in [1.29, 1.82) is 0 Å². The summed E-state index contributed by atoms with van der Waals surface area (Å²) in [5, 5.41) is 15.8. The molecule has 1 aromatic rings. The second kappa shape index (κ2) is 5.44. The highest BCUT2D eigenvalue weighted by Gasteiger charge is 2.41. The lowest BCUT2D eigenvalue weighted by Gasteiger charge is -2.33. The summed E-state index contributed by atoms with van der Waals surface area (Å²) < 4.78 is 1.04. The summed E-state index contributed by atoms with van der Waals surface area (Å²) in [4.78, 5) is 34.8. The standard InChI is InChI=1S/C13H17N3O4/c1-16-10(17)6-5-9(15-16)11(18)14-13(12(19)20)7-3-2-4-8-13/h5-6H,2-4,7-8H2,1H3,(H,14,18)(H,19,20). The maximum atomic E-state index is 12.1. The van der Waals surface area contributed by atoms with Gasteiger partial charge >= 0.3 is 5.97 Å². The van der Waals surface area contributed by atoms with E-state index in [9.17, 15) is 19.5 Å². The van der Waals surface area contributed by atoms with Crippen molar-refractivity contribution in [3.63, 3.8) is 0 Å². The number of hydrogen-bond donors (Lipinski definition) is 2. The fraction of sp³-hybridized carbons (Fsp3) is 0.538. The van der Waals surface area contributed by atoms with Gasteiger partial charge in [-0.2, -0.15) is 5.10 Å². The van der Waals surface area contributed by atoms with Crippen LogP contribution < -0.4 is 10.9 Å². The molecule has 1 fully saturated rings. The van der Waals surface area contributed by atoms with E-state index in [4.69, 9.17) is 0 Å². The Kier molecular flexibility index (Phi) is 3.87. The molecule has 7 nitrogen and oxygen atoms in total. The quantitative estimate of drug-likeness (QED) is 0.828. The van der Waals surface area contributed by atoms with Gasteiger partial charge in [0.25, 0.3) is 11.5 Å². The first-order chi connectivity index (χ1) is 9.44. The van der Waals surface area contributed by atoms with E-state index in [0.29, 0.717) is 12.8 Å². The van der Waals surface area contributed by atoms with Gasteiger partial charge in [-0.05, 0) is 18.9 Å². The van der Waals surface area contributed by atoms with Crippen LogP contribution in [0.2, 0.25) is 0 Å². The van der Waals surface area contributed by atoms with Crippen molar-refractivity contribution >= 4 is 11.9 Å². The number of carboxylic acids is 1. The van der Waals surface area contributed by atoms with E-state index in [-0.39, 0.29) is 11.3 Å². The molecule has 0 bridgehead atoms. The Bertz CT molecular complexity index is 588. The molecule has 0 atom stereocenters. The molecule has 1 heterocycles. The largest absolute Gasteiger partial charge is 0.480 e. The minimum Gasteiger partial charge on any atom is -0.480 e. The van der Waals surface area contributed by atoms with Gasteiger partial charge in [0.15, 0.2) is 0 Å². The molecule has 1 amide bonds. The topological polar surface area (TPSA) is 101 Å². The molecular weight excluding hydrogens is 262 g/mol. The molecule has 1 aliphatic carbocycles. The molecule has 1 aliphatic rings. The summed E-state index contributed by atoms with van der Waals surface area (Å²) in [5.74, 6) is -1.58. The molecule has 0 aromatic carbocycles. The van der Waals surface area contributed by atoms with Crippen LogP contribution >= 0.6 is 0 Å². The minimum atomic E-state index is -1.22. The van der Waals surface area contributed by atoms with Crippen molar-refractivity contribution in [3.8, 4) is 0 Å². The van der Waals surface area contributed by atoms with Gasteiger partial charge in [0, 0.05) is 13.1 Å². The molecule has 2 rings (SSSR count). The summed E-state index contributed by atoms with van der Waals surface area (Å²) in [6.45, 7) is 0. The van der Waals surface area contributed by atoms with Crippen LogP contribution in [0.3, 0.4) is 0 Å². The lowest BCUT2D eigenvalue weighted by atomic mass is 9.81. The number of nitrogens with zero attached hydrogens (tertiary/aromatic N) is 2. The third kappa shape index (κ3) is 2.71. The second-order valence-electron chi connectivity index (χ2n) is 5.08. The lowest BCUT2D eigenvalue weighted by molar-refractivity contribution is -0.145. The molecule has 1 aromatic heterocycles. The summed E-state index contributed by atoms with van der Waals surface area (Å²) in [5.41, 5.74) is -1.50. The molecule has 7 heteroatoms. The zero-order valence-corrected chi connectivity index (χ0v) is 11.3. The molecule has 0 spiro atoms. The number of carboxylic acid groups (broad SMARTS) is 1. The van der Waals surface area contributed by atoms with Gasteiger partial charge in [0.2, 0.25) is 0 Å². The van der Waals surface area contributed by atoms with Crippen molar-refractivity contribution in [2.75, 3.05) is 0 Å². The molecule has 2 N–H and O–H groups in total. The first-order valence-corrected chi connectivity index (χ1v) is 6.55. The zero-order valence-electron chi connectivity index (χ0n) is 11.3. The van der Waals surface area contributed by atoms with Crippen molar-refractivity contribution < 1.29 is 14.7 Å². The van der Waals surface area contributed by atoms with Crippen molar-refractivity contribution in [3.05, 3.63) is 28.2 Å². The molecule has 0 radical (unpaired) electrons. The molecular formula is C13H17N3O4. The van der Waals surface area contributed by atoms with E-state index in [1.54, 1.807) is 0 Å². The van der Waals surface area contributed by atoms with Crippen LogP contribution in [0.1, 0.15) is 42.6 Å². The summed E-state index contributed by atoms with van der Waals surface area (Å²) in [6.07, 6.45) is 3.35. The van der Waals surface area contributed by atoms with Crippen molar-refractivity contribution in [1.82, 2.24) is 15.1 Å². The highest BCUT2D eigenvalue weighted by Crippen LogP contribution is 2.28. The van der Waals surface area contributed by atoms with Gasteiger partial charge in [-0.3, -0.25) is 9.59 Å². The van der Waals surface area contributed by atoms with Gasteiger partial charge in [0.1, 0.15) is 11.2 Å². The van der Waals surface area contributed by atoms with Crippen LogP contribution in [0.4, 0.5) is 0 Å². The number of aliphatic carboxylic acids is 1. The van der Waals surface area contributed by atoms with Gasteiger partial charge in [-0.15, -0.1) is 0 Å². The predicted molar refractivity (Wildman–Crippen MR) is 70.4 cm³/mol. The van der Waals surface area contributed by atoms with E-state index in [0.717, 1.165) is 23.9 Å². The van der Waals surface area contributed by atoms with Crippen LogP contribution in [0, 0.1) is 0 Å². The zero-order chi connectivity index (χ0) is 14.8. The van der Waals surface area contributed by atoms with Gasteiger partial charge in [0.05, 0.1) is 0 Å². The Morgan fingerprint density at radius 1 is 1.30 bits per heavy atom. The van der Waals surface area contributed by atoms with E-state index in [1.165, 1.54) is 19.2 Å². The van der Waals surface area contributed by atoms with Crippen LogP contribution in [0.5, 0.6) is 0 Å². The number of rotatable bonds is 3. The Balaban J connectivity index is 2.22. The maximum absolute atomic E-state index is 12.1. The first-order valence-electron chi connectivity index (χ1n) is 6.55. The van der Waals surface area contributed by atoms with Crippen molar-refractivity contribution in [2.45, 2.75) is 37.6 Å². The van der Waals surface area contributed by atoms with Crippen LogP contribution in [0.25, 0.3) is 0 Å². The van der Waals surface area contributed by atoms with E-state index < -0.39 is 17.4 Å². The Hall–Kier alpha value is -2.18. The number of nitrogens with one attached hydrogen (secondary N) is 1. The summed E-state index contributed by atoms with van der Waals surface area (Å²) in [7, 11) is 1.44. The highest BCUT2D eigenvalue weighted by molar-refractivity contribution is 5.96. The Morgan fingerprint density at radius 3 is 2.50 bits per heavy atom. The number of aryl methyl sites for hydroxylation is 1. The lowest BCUT2D eigenvalue weighted by Crippen LogP contribution is -2.55. The monoisotopic (exact) mass is 279 g/mol. The van der Waals surface area contributed by atoms with Crippen LogP contribution in [0.15, 0.2) is 16.9 Å². The predicted octanol–water partition coefficient (Wildman–Crippen LogP) is 0.298. The van der Waals surface area contributed by atoms with Gasteiger partial charge < -0.3 is 10.4 Å². The fourth-order valence-corrected chi connectivity index (χ4v) is 2.45. The smallest absolute Gasteiger partial charge is 0.329 e. The molecule has 1 saturated carbocycles. The molecule has 0 aliphatic heterocycles. The van der Waals surface area contributed by atoms with Crippen LogP contribution in [-0.2, 0) is 11.8 Å². The first kappa shape index (κ1) is 14.2. The molecule has 0 saturated heterocycles. The molecule has 108 valence electrons. The maximum Gasteiger partial charge on any atom is 0.329 e. The van der Waals surface area contributed by atoms with E-state index in [1.807, 2.05) is 0 Å². The van der Waals surface area contributed by atoms with E-state index >= 15 is 0 Å². The number of aromatic nitrogens is 2. The second-order valence-corrected chi connectivity index (χ2v) is 5.08.